The van der Waals surface area contributed by atoms with Gasteiger partial charge < -0.3 is 29.2 Å². The summed E-state index contributed by atoms with van der Waals surface area (Å²) < 4.78 is 11.2. The van der Waals surface area contributed by atoms with E-state index >= 15 is 0 Å². The summed E-state index contributed by atoms with van der Waals surface area (Å²) in [7, 11) is 0. The van der Waals surface area contributed by atoms with Crippen LogP contribution in [0.2, 0.25) is 0 Å². The van der Waals surface area contributed by atoms with Crippen molar-refractivity contribution in [2.45, 2.75) is 50.2 Å². The van der Waals surface area contributed by atoms with Crippen LogP contribution in [-0.2, 0) is 20.8 Å². The number of ether oxygens (including phenoxy) is 2. The van der Waals surface area contributed by atoms with Crippen molar-refractivity contribution in [1.82, 2.24) is 25.2 Å². The Morgan fingerprint density at radius 3 is 2.71 bits per heavy atom. The first-order valence-electron chi connectivity index (χ1n) is 14.3. The molecular weight excluding hydrogens is 526 g/mol. The summed E-state index contributed by atoms with van der Waals surface area (Å²) in [5.41, 5.74) is 5.56. The topological polar surface area (TPSA) is 127 Å². The maximum absolute atomic E-state index is 14.2. The summed E-state index contributed by atoms with van der Waals surface area (Å²) in [5, 5.41) is 9.77. The molecule has 3 aromatic rings. The summed E-state index contributed by atoms with van der Waals surface area (Å²) in [4.78, 5) is 48.9. The van der Waals surface area contributed by atoms with Gasteiger partial charge in [-0.1, -0.05) is 24.3 Å². The third-order valence-electron chi connectivity index (χ3n) is 9.01. The molecule has 0 saturated carbocycles. The highest BCUT2D eigenvalue weighted by Gasteiger charge is 2.49. The lowest BCUT2D eigenvalue weighted by molar-refractivity contribution is -0.161. The minimum absolute atomic E-state index is 0.000973. The fraction of sp³-hybridized carbons (Fsp3) is 0.433. The predicted octanol–water partition coefficient (Wildman–Crippen LogP) is 2.33. The Labute approximate surface area is 236 Å². The van der Waals surface area contributed by atoms with Gasteiger partial charge in [-0.25, -0.2) is 5.48 Å². The predicted molar refractivity (Wildman–Crippen MR) is 147 cm³/mol. The number of carbonyl (C=O) groups excluding carboxylic acids is 3. The minimum Gasteiger partial charge on any atom is -0.454 e. The summed E-state index contributed by atoms with van der Waals surface area (Å²) >= 11 is 0. The molecule has 11 heteroatoms. The number of aromatic nitrogens is 1. The quantitative estimate of drug-likeness (QED) is 0.313. The van der Waals surface area contributed by atoms with Crippen molar-refractivity contribution in [3.8, 4) is 11.5 Å². The van der Waals surface area contributed by atoms with Crippen LogP contribution in [0.1, 0.15) is 48.5 Å². The second kappa shape index (κ2) is 10.4. The number of carbonyl (C=O) groups is 3. The van der Waals surface area contributed by atoms with Crippen molar-refractivity contribution in [3.63, 3.8) is 0 Å². The number of piperazine rings is 1. The molecule has 2 saturated heterocycles. The van der Waals surface area contributed by atoms with Crippen LogP contribution in [-0.4, -0.2) is 87.7 Å². The fourth-order valence-electron chi connectivity index (χ4n) is 7.00. The summed E-state index contributed by atoms with van der Waals surface area (Å²) in [6, 6.07) is 12.8. The molecule has 0 radical (unpaired) electrons. The van der Waals surface area contributed by atoms with Crippen LogP contribution in [0.4, 0.5) is 0 Å². The zero-order valence-corrected chi connectivity index (χ0v) is 22.7. The van der Waals surface area contributed by atoms with Crippen LogP contribution in [0.15, 0.2) is 42.5 Å². The summed E-state index contributed by atoms with van der Waals surface area (Å²) in [6.45, 7) is 2.57. The van der Waals surface area contributed by atoms with Crippen molar-refractivity contribution < 1.29 is 29.1 Å². The number of aromatic amines is 1. The first kappa shape index (κ1) is 25.8. The zero-order chi connectivity index (χ0) is 28.1. The molecule has 0 bridgehead atoms. The van der Waals surface area contributed by atoms with Gasteiger partial charge in [-0.05, 0) is 55.1 Å². The van der Waals surface area contributed by atoms with E-state index in [0.29, 0.717) is 24.3 Å². The molecular formula is C30H33N5O6. The number of hydrogen-bond donors (Lipinski definition) is 3. The Kier molecular flexibility index (Phi) is 6.55. The van der Waals surface area contributed by atoms with E-state index in [1.54, 1.807) is 10.4 Å². The first-order valence-corrected chi connectivity index (χ1v) is 14.3. The number of nitrogens with one attached hydrogen (secondary N) is 2. The molecule has 4 aliphatic rings. The van der Waals surface area contributed by atoms with E-state index in [1.807, 2.05) is 41.3 Å². The van der Waals surface area contributed by atoms with E-state index in [-0.39, 0.29) is 43.5 Å². The van der Waals surface area contributed by atoms with Gasteiger partial charge in [-0.3, -0.25) is 19.6 Å². The van der Waals surface area contributed by atoms with Crippen molar-refractivity contribution in [1.29, 1.82) is 0 Å². The molecule has 1 aromatic heterocycles. The molecule has 4 aliphatic heterocycles. The van der Waals surface area contributed by atoms with Gasteiger partial charge in [-0.2, -0.15) is 0 Å². The van der Waals surface area contributed by atoms with Crippen LogP contribution in [0, 0.1) is 0 Å². The Bertz CT molecular complexity index is 1510. The van der Waals surface area contributed by atoms with Gasteiger partial charge in [0.2, 0.25) is 24.5 Å². The number of likely N-dealkylation sites (tertiary alicyclic amines) is 1. The average molecular weight is 560 g/mol. The van der Waals surface area contributed by atoms with Gasteiger partial charge in [-0.15, -0.1) is 0 Å². The van der Waals surface area contributed by atoms with E-state index in [0.717, 1.165) is 60.2 Å². The minimum atomic E-state index is -0.589. The molecule has 214 valence electrons. The number of piperidine rings is 1. The van der Waals surface area contributed by atoms with Crippen LogP contribution < -0.4 is 15.0 Å². The SMILES string of the molecule is O=C(CCCN1CCC(N2CC(=O)N3[C@H](c4ccc5c(c4)OCO5)c4[nH]c5ccccc5c4C[C@@H]3C2=O)CC1)NO. The number of fused-ring (bicyclic) bond motifs is 5. The molecule has 7 rings (SSSR count). The first-order chi connectivity index (χ1) is 20.0. The number of amides is 3. The van der Waals surface area contributed by atoms with Crippen molar-refractivity contribution >= 4 is 28.6 Å². The van der Waals surface area contributed by atoms with Crippen molar-refractivity contribution in [2.24, 2.45) is 0 Å². The van der Waals surface area contributed by atoms with E-state index in [2.05, 4.69) is 16.0 Å². The standard InChI is InChI=1S/C30H33N5O6/c36-26(32-39)6-3-11-33-12-9-19(10-13-33)34-16-27(37)35-23(30(34)38)15-21-20-4-1-2-5-22(20)31-28(21)29(35)18-7-8-24-25(14-18)41-17-40-24/h1-2,4-5,7-8,14,19,23,29,31,39H,3,6,9-13,15-17H2,(H,32,36)/t23-,29-/m1/s1. The number of H-pyrrole nitrogens is 1. The molecule has 2 atom stereocenters. The lowest BCUT2D eigenvalue weighted by Crippen LogP contribution is -2.65. The maximum Gasteiger partial charge on any atom is 0.246 e. The van der Waals surface area contributed by atoms with Gasteiger partial charge in [0.15, 0.2) is 11.5 Å². The highest BCUT2D eigenvalue weighted by molar-refractivity contribution is 5.98. The Hall–Kier alpha value is -4.09. The van der Waals surface area contributed by atoms with Crippen LogP contribution in [0.25, 0.3) is 10.9 Å². The number of hydrogen-bond acceptors (Lipinski definition) is 7. The molecule has 5 heterocycles. The largest absolute Gasteiger partial charge is 0.454 e. The number of benzene rings is 2. The maximum atomic E-state index is 14.2. The molecule has 3 amide bonds. The lowest BCUT2D eigenvalue weighted by Gasteiger charge is -2.49. The smallest absolute Gasteiger partial charge is 0.246 e. The molecule has 2 aromatic carbocycles. The Morgan fingerprint density at radius 2 is 1.88 bits per heavy atom. The summed E-state index contributed by atoms with van der Waals surface area (Å²) in [6.07, 6.45) is 2.95. The molecule has 0 spiro atoms. The van der Waals surface area contributed by atoms with Crippen LogP contribution in [0.3, 0.4) is 0 Å². The Morgan fingerprint density at radius 1 is 1.07 bits per heavy atom. The zero-order valence-electron chi connectivity index (χ0n) is 22.7. The van der Waals surface area contributed by atoms with E-state index in [9.17, 15) is 14.4 Å². The van der Waals surface area contributed by atoms with Gasteiger partial charge in [0, 0.05) is 48.6 Å². The molecule has 0 aliphatic carbocycles. The second-order valence-corrected chi connectivity index (χ2v) is 11.3. The van der Waals surface area contributed by atoms with Crippen LogP contribution in [0.5, 0.6) is 11.5 Å². The van der Waals surface area contributed by atoms with E-state index in [4.69, 9.17) is 14.7 Å². The van der Waals surface area contributed by atoms with E-state index < -0.39 is 12.1 Å². The molecule has 41 heavy (non-hydrogen) atoms. The fourth-order valence-corrected chi connectivity index (χ4v) is 7.00. The molecule has 0 unspecified atom stereocenters. The number of hydroxylamine groups is 1. The third kappa shape index (κ3) is 4.49. The molecule has 2 fully saturated rings. The van der Waals surface area contributed by atoms with Gasteiger partial charge in [0.05, 0.1) is 6.04 Å². The normalized spacial score (nSPS) is 22.7. The lowest BCUT2D eigenvalue weighted by atomic mass is 9.85. The van der Waals surface area contributed by atoms with Gasteiger partial charge in [0.25, 0.3) is 0 Å². The van der Waals surface area contributed by atoms with Gasteiger partial charge >= 0.3 is 0 Å². The molecule has 3 N–H and O–H groups in total. The number of rotatable bonds is 6. The third-order valence-corrected chi connectivity index (χ3v) is 9.01. The molecule has 11 nitrogen and oxygen atoms in total. The van der Waals surface area contributed by atoms with Crippen molar-refractivity contribution in [2.75, 3.05) is 33.0 Å². The second-order valence-electron chi connectivity index (χ2n) is 11.3. The van der Waals surface area contributed by atoms with Crippen LogP contribution >= 0.6 is 0 Å². The van der Waals surface area contributed by atoms with E-state index in [1.165, 1.54) is 0 Å². The number of nitrogens with zero attached hydrogens (tertiary/aromatic N) is 3. The average Bonchev–Trinajstić information content (AvgIpc) is 3.62. The van der Waals surface area contributed by atoms with Crippen molar-refractivity contribution in [3.05, 3.63) is 59.3 Å². The highest BCUT2D eigenvalue weighted by atomic mass is 16.7. The van der Waals surface area contributed by atoms with Gasteiger partial charge in [0.1, 0.15) is 12.6 Å². The Balaban J connectivity index is 1.16. The monoisotopic (exact) mass is 559 g/mol. The summed E-state index contributed by atoms with van der Waals surface area (Å²) in [5.74, 6) is 0.881. The highest BCUT2D eigenvalue weighted by Crippen LogP contribution is 2.45. The number of para-hydroxylation sites is 1.